The van der Waals surface area contributed by atoms with Gasteiger partial charge < -0.3 is 74.9 Å². The number of aliphatic hydroxyl groups excluding tert-OH is 2. The maximum atomic E-state index is 13.6. The van der Waals surface area contributed by atoms with Crippen LogP contribution in [0.3, 0.4) is 0 Å². The smallest absolute Gasteiger partial charge is 0.260 e. The van der Waals surface area contributed by atoms with E-state index in [9.17, 15) is 63.5 Å². The van der Waals surface area contributed by atoms with Crippen molar-refractivity contribution in [2.45, 2.75) is 50.2 Å². The third-order valence-corrected chi connectivity index (χ3v) is 8.70. The van der Waals surface area contributed by atoms with E-state index in [0.717, 1.165) is 11.8 Å². The second kappa shape index (κ2) is 17.1. The number of phosphoric ester groups is 1. The molecule has 1 aliphatic heterocycles. The second-order valence-corrected chi connectivity index (χ2v) is 13.2. The normalized spacial score (nSPS) is 19.2. The number of anilines is 2. The number of aromatic nitrogens is 2. The Bertz CT molecular complexity index is 1940. The van der Waals surface area contributed by atoms with E-state index < -0.39 is 92.4 Å². The maximum absolute atomic E-state index is 13.6. The van der Waals surface area contributed by atoms with Crippen molar-refractivity contribution < 1.29 is 68.0 Å². The number of phosphoric acid groups is 1. The first-order valence-electron chi connectivity index (χ1n) is 14.9. The van der Waals surface area contributed by atoms with Gasteiger partial charge in [-0.15, -0.1) is 11.8 Å². The number of aromatic amines is 1. The molecular weight excluding hydrogens is 735 g/mol. The highest BCUT2D eigenvalue weighted by Gasteiger charge is 2.44. The SMILES string of the molecule is Nc1nc2ccc(CN(C(=O)CSCC(=O)NC3OC(OP(=O)([O-])[O-])C(O)C3O)c3ccc(C(=O)NC(CCC(=O)[O-])C(=O)[O-])cc3)cc2c(=O)[nH]1. The zero-order valence-electron chi connectivity index (χ0n) is 26.5. The summed E-state index contributed by atoms with van der Waals surface area (Å²) in [6, 6.07) is 8.21. The van der Waals surface area contributed by atoms with Crippen molar-refractivity contribution in [1.82, 2.24) is 20.6 Å². The standard InChI is InChI=1S/C29H33N6O15PS/c30-29-32-17-6-1-13(9-16(17)25(43)34-29)10-35(15-4-2-14(3-5-15)24(42)31-18(27(44)45)7-8-21(38)39)20(37)12-52-11-19(36)33-26-22(40)23(41)28(49-26)50-51(46,47)48/h1-6,9,18,22-23,26,28,40-41H,7-8,10-12H2,(H,31,42)(H,33,36)(H,38,39)(H,44,45)(H2,46,47,48)(H3,30,32,34,43)/p-4. The lowest BCUT2D eigenvalue weighted by molar-refractivity contribution is -0.354. The third kappa shape index (κ3) is 10.8. The number of thioether (sulfide) groups is 1. The summed E-state index contributed by atoms with van der Waals surface area (Å²) in [7, 11) is -5.61. The van der Waals surface area contributed by atoms with E-state index >= 15 is 0 Å². The Kier molecular flexibility index (Phi) is 13.1. The lowest BCUT2D eigenvalue weighted by Gasteiger charge is -2.32. The number of carboxylic acids is 2. The Hall–Kier alpha value is -4.93. The Morgan fingerprint density at radius 1 is 1.08 bits per heavy atom. The highest BCUT2D eigenvalue weighted by atomic mass is 32.2. The van der Waals surface area contributed by atoms with Crippen LogP contribution in [0.4, 0.5) is 11.6 Å². The fraction of sp³-hybridized carbons (Fsp3) is 0.345. The zero-order chi connectivity index (χ0) is 38.3. The molecule has 1 saturated heterocycles. The van der Waals surface area contributed by atoms with E-state index in [1.807, 2.05) is 0 Å². The topological polar surface area (TPSA) is 353 Å². The molecule has 5 unspecified atom stereocenters. The van der Waals surface area contributed by atoms with E-state index in [1.165, 1.54) is 41.3 Å². The molecular formula is C29H29N6O15PS-4. The minimum absolute atomic E-state index is 0.0507. The van der Waals surface area contributed by atoms with Crippen LogP contribution in [0.2, 0.25) is 0 Å². The molecule has 7 N–H and O–H groups in total. The van der Waals surface area contributed by atoms with Gasteiger partial charge in [-0.05, 0) is 54.8 Å². The summed E-state index contributed by atoms with van der Waals surface area (Å²) < 4.78 is 19.8. The molecule has 21 nitrogen and oxygen atoms in total. The Morgan fingerprint density at radius 2 is 1.77 bits per heavy atom. The molecule has 3 amide bonds. The van der Waals surface area contributed by atoms with Crippen molar-refractivity contribution in [3.8, 4) is 0 Å². The first kappa shape index (κ1) is 39.8. The lowest BCUT2D eigenvalue weighted by Crippen LogP contribution is -2.48. The number of nitrogens with two attached hydrogens (primary N) is 1. The number of fused-ring (bicyclic) bond motifs is 1. The molecule has 1 aromatic heterocycles. The molecule has 280 valence electrons. The van der Waals surface area contributed by atoms with Crippen LogP contribution in [-0.4, -0.2) is 92.1 Å². The number of carboxylic acid groups (broad SMARTS) is 2. The number of hydrogen-bond donors (Lipinski definition) is 6. The van der Waals surface area contributed by atoms with Gasteiger partial charge in [0.25, 0.3) is 11.5 Å². The number of hydrogen-bond acceptors (Lipinski definition) is 18. The number of ether oxygens (including phenoxy) is 1. The number of aliphatic hydroxyl groups is 2. The maximum Gasteiger partial charge on any atom is 0.260 e. The van der Waals surface area contributed by atoms with Gasteiger partial charge in [-0.25, -0.2) is 4.98 Å². The molecule has 0 spiro atoms. The fourth-order valence-corrected chi connectivity index (χ4v) is 5.97. The molecule has 1 fully saturated rings. The number of H-pyrrole nitrogens is 1. The number of aliphatic carboxylic acids is 2. The number of benzene rings is 2. The minimum Gasteiger partial charge on any atom is -0.790 e. The predicted molar refractivity (Wildman–Crippen MR) is 170 cm³/mol. The molecule has 1 aliphatic rings. The molecule has 0 radical (unpaired) electrons. The lowest BCUT2D eigenvalue weighted by atomic mass is 10.1. The van der Waals surface area contributed by atoms with Gasteiger partial charge in [-0.3, -0.25) is 24.2 Å². The number of nitrogen functional groups attached to an aromatic ring is 1. The predicted octanol–water partition coefficient (Wildman–Crippen LogP) is -5.48. The van der Waals surface area contributed by atoms with Crippen molar-refractivity contribution in [2.75, 3.05) is 22.1 Å². The molecule has 23 heteroatoms. The minimum atomic E-state index is -5.61. The monoisotopic (exact) mass is 764 g/mol. The Labute approximate surface area is 296 Å². The van der Waals surface area contributed by atoms with Gasteiger partial charge in [0.15, 0.2) is 12.5 Å². The van der Waals surface area contributed by atoms with E-state index in [-0.39, 0.29) is 40.4 Å². The van der Waals surface area contributed by atoms with Gasteiger partial charge in [0.1, 0.15) is 12.2 Å². The van der Waals surface area contributed by atoms with Crippen LogP contribution in [0, 0.1) is 0 Å². The molecule has 2 aromatic carbocycles. The van der Waals surface area contributed by atoms with Gasteiger partial charge in [-0.1, -0.05) is 6.07 Å². The largest absolute Gasteiger partial charge is 0.790 e. The van der Waals surface area contributed by atoms with Crippen LogP contribution in [-0.2, 0) is 39.5 Å². The highest BCUT2D eigenvalue weighted by molar-refractivity contribution is 8.00. The van der Waals surface area contributed by atoms with Gasteiger partial charge in [0.05, 0.1) is 48.8 Å². The summed E-state index contributed by atoms with van der Waals surface area (Å²) >= 11 is 0.801. The summed E-state index contributed by atoms with van der Waals surface area (Å²) in [5, 5.41) is 46.5. The highest BCUT2D eigenvalue weighted by Crippen LogP contribution is 2.33. The molecule has 3 aromatic rings. The number of carbonyl (C=O) groups is 5. The van der Waals surface area contributed by atoms with Crippen LogP contribution in [0.15, 0.2) is 47.3 Å². The van der Waals surface area contributed by atoms with Gasteiger partial charge in [0, 0.05) is 17.2 Å². The summed E-state index contributed by atoms with van der Waals surface area (Å²) in [5.74, 6) is -6.37. The van der Waals surface area contributed by atoms with Crippen molar-refractivity contribution in [3.05, 3.63) is 63.9 Å². The number of carbonyl (C=O) groups excluding carboxylic acids is 5. The summed E-state index contributed by atoms with van der Waals surface area (Å²) in [6.45, 7) is -0.141. The van der Waals surface area contributed by atoms with Crippen LogP contribution >= 0.6 is 19.6 Å². The molecule has 5 atom stereocenters. The number of rotatable bonds is 16. The molecule has 0 aliphatic carbocycles. The summed E-state index contributed by atoms with van der Waals surface area (Å²) in [4.78, 5) is 103. The van der Waals surface area contributed by atoms with Gasteiger partial charge >= 0.3 is 0 Å². The zero-order valence-corrected chi connectivity index (χ0v) is 28.2. The number of nitrogens with one attached hydrogen (secondary N) is 3. The average molecular weight is 765 g/mol. The molecule has 4 rings (SSSR count). The molecule has 2 heterocycles. The van der Waals surface area contributed by atoms with Crippen LogP contribution in [0.5, 0.6) is 0 Å². The number of amides is 3. The third-order valence-electron chi connectivity index (χ3n) is 7.31. The van der Waals surface area contributed by atoms with Crippen molar-refractivity contribution >= 4 is 71.8 Å². The van der Waals surface area contributed by atoms with E-state index in [0.29, 0.717) is 5.56 Å². The summed E-state index contributed by atoms with van der Waals surface area (Å²) in [5.41, 5.74) is 5.98. The second-order valence-electron chi connectivity index (χ2n) is 11.1. The summed E-state index contributed by atoms with van der Waals surface area (Å²) in [6.07, 6.45) is -8.69. The van der Waals surface area contributed by atoms with Gasteiger partial charge in [0.2, 0.25) is 17.8 Å². The van der Waals surface area contributed by atoms with Crippen LogP contribution in [0.25, 0.3) is 10.9 Å². The van der Waals surface area contributed by atoms with Crippen LogP contribution in [0.1, 0.15) is 28.8 Å². The molecule has 52 heavy (non-hydrogen) atoms. The number of nitrogens with zero attached hydrogens (tertiary/aromatic N) is 2. The first-order chi connectivity index (χ1) is 24.4. The van der Waals surface area contributed by atoms with E-state index in [4.69, 9.17) is 10.5 Å². The van der Waals surface area contributed by atoms with Gasteiger partial charge in [-0.2, -0.15) is 0 Å². The van der Waals surface area contributed by atoms with E-state index in [2.05, 4.69) is 25.1 Å². The molecule has 0 saturated carbocycles. The van der Waals surface area contributed by atoms with Crippen LogP contribution < -0.4 is 46.8 Å². The first-order valence-corrected chi connectivity index (χ1v) is 17.5. The molecule has 0 bridgehead atoms. The average Bonchev–Trinajstić information content (AvgIpc) is 3.31. The Balaban J connectivity index is 1.48. The van der Waals surface area contributed by atoms with Crippen molar-refractivity contribution in [3.63, 3.8) is 0 Å². The van der Waals surface area contributed by atoms with E-state index in [1.54, 1.807) is 6.07 Å². The quantitative estimate of drug-likeness (QED) is 0.0741. The fourth-order valence-electron chi connectivity index (χ4n) is 4.84. The Morgan fingerprint density at radius 3 is 2.40 bits per heavy atom. The van der Waals surface area contributed by atoms with Crippen molar-refractivity contribution in [2.24, 2.45) is 0 Å². The van der Waals surface area contributed by atoms with Crippen molar-refractivity contribution in [1.29, 1.82) is 0 Å².